The molecular formula is C13H14N4O3. The molecule has 7 nitrogen and oxygen atoms in total. The van der Waals surface area contributed by atoms with Crippen LogP contribution in [0.2, 0.25) is 0 Å². The third-order valence-corrected chi connectivity index (χ3v) is 2.87. The van der Waals surface area contributed by atoms with Crippen LogP contribution >= 0.6 is 0 Å². The van der Waals surface area contributed by atoms with Crippen molar-refractivity contribution in [1.29, 1.82) is 0 Å². The van der Waals surface area contributed by atoms with E-state index >= 15 is 0 Å². The number of nitrogens with zero attached hydrogens (tertiary/aromatic N) is 3. The van der Waals surface area contributed by atoms with Crippen molar-refractivity contribution < 1.29 is 9.66 Å². The van der Waals surface area contributed by atoms with Crippen LogP contribution in [0.1, 0.15) is 11.3 Å². The van der Waals surface area contributed by atoms with E-state index in [9.17, 15) is 10.1 Å². The van der Waals surface area contributed by atoms with Crippen LogP contribution in [0, 0.1) is 24.0 Å². The highest BCUT2D eigenvalue weighted by molar-refractivity contribution is 5.77. The number of benzene rings is 1. The molecule has 0 saturated heterocycles. The Morgan fingerprint density at radius 2 is 2.00 bits per heavy atom. The number of nitro groups is 1. The highest BCUT2D eigenvalue weighted by atomic mass is 16.6. The van der Waals surface area contributed by atoms with Crippen molar-refractivity contribution >= 4 is 11.6 Å². The van der Waals surface area contributed by atoms with Gasteiger partial charge in [0.1, 0.15) is 11.4 Å². The largest absolute Gasteiger partial charge is 0.496 e. The van der Waals surface area contributed by atoms with Gasteiger partial charge in [-0.15, -0.1) is 0 Å². The summed E-state index contributed by atoms with van der Waals surface area (Å²) in [5.41, 5.74) is 7.30. The summed E-state index contributed by atoms with van der Waals surface area (Å²) in [7, 11) is 1.50. The first-order valence-electron chi connectivity index (χ1n) is 5.87. The van der Waals surface area contributed by atoms with E-state index in [-0.39, 0.29) is 23.0 Å². The van der Waals surface area contributed by atoms with Crippen LogP contribution in [0.25, 0.3) is 11.3 Å². The summed E-state index contributed by atoms with van der Waals surface area (Å²) in [6.45, 7) is 3.41. The smallest absolute Gasteiger partial charge is 0.316 e. The number of hydrogen-bond acceptors (Lipinski definition) is 6. The van der Waals surface area contributed by atoms with Gasteiger partial charge in [0, 0.05) is 5.56 Å². The van der Waals surface area contributed by atoms with Crippen LogP contribution in [0.5, 0.6) is 5.75 Å². The lowest BCUT2D eigenvalue weighted by atomic mass is 10.1. The van der Waals surface area contributed by atoms with Gasteiger partial charge in [0.15, 0.2) is 5.69 Å². The van der Waals surface area contributed by atoms with Gasteiger partial charge in [-0.25, -0.2) is 9.97 Å². The fourth-order valence-electron chi connectivity index (χ4n) is 2.00. The number of nitrogens with two attached hydrogens (primary N) is 1. The molecule has 1 heterocycles. The maximum atomic E-state index is 11.3. The number of nitrogen functional groups attached to an aromatic ring is 1. The van der Waals surface area contributed by atoms with E-state index in [4.69, 9.17) is 10.5 Å². The quantitative estimate of drug-likeness (QED) is 0.680. The molecule has 1 aromatic heterocycles. The third kappa shape index (κ3) is 2.37. The monoisotopic (exact) mass is 274 g/mol. The van der Waals surface area contributed by atoms with Gasteiger partial charge in [0.25, 0.3) is 0 Å². The number of rotatable bonds is 3. The molecule has 1 aromatic carbocycles. The van der Waals surface area contributed by atoms with E-state index in [0.29, 0.717) is 11.3 Å². The van der Waals surface area contributed by atoms with Crippen molar-refractivity contribution in [2.45, 2.75) is 13.8 Å². The SMILES string of the molecule is COc1ccc(C)cc1-c1nc(N)nc(C)c1[N+](=O)[O-]. The molecule has 0 aliphatic rings. The molecule has 0 aliphatic heterocycles. The number of aromatic nitrogens is 2. The number of methoxy groups -OCH3 is 1. The summed E-state index contributed by atoms with van der Waals surface area (Å²) < 4.78 is 5.25. The van der Waals surface area contributed by atoms with Crippen molar-refractivity contribution in [1.82, 2.24) is 9.97 Å². The van der Waals surface area contributed by atoms with Crippen molar-refractivity contribution in [2.75, 3.05) is 12.8 Å². The van der Waals surface area contributed by atoms with Crippen LogP contribution in [-0.2, 0) is 0 Å². The lowest BCUT2D eigenvalue weighted by Crippen LogP contribution is -2.05. The van der Waals surface area contributed by atoms with Gasteiger partial charge in [0.2, 0.25) is 5.95 Å². The summed E-state index contributed by atoms with van der Waals surface area (Å²) in [6, 6.07) is 5.36. The fraction of sp³-hybridized carbons (Fsp3) is 0.231. The molecule has 0 radical (unpaired) electrons. The van der Waals surface area contributed by atoms with Crippen molar-refractivity contribution in [3.8, 4) is 17.0 Å². The minimum atomic E-state index is -0.508. The predicted molar refractivity (Wildman–Crippen MR) is 74.6 cm³/mol. The Morgan fingerprint density at radius 3 is 2.60 bits per heavy atom. The first kappa shape index (κ1) is 13.7. The van der Waals surface area contributed by atoms with E-state index in [1.807, 2.05) is 13.0 Å². The maximum Gasteiger partial charge on any atom is 0.316 e. The Balaban J connectivity index is 2.81. The molecule has 2 rings (SSSR count). The van der Waals surface area contributed by atoms with Crippen LogP contribution < -0.4 is 10.5 Å². The molecule has 0 bridgehead atoms. The van der Waals surface area contributed by atoms with Crippen LogP contribution in [-0.4, -0.2) is 22.0 Å². The number of ether oxygens (including phenoxy) is 1. The van der Waals surface area contributed by atoms with Crippen LogP contribution in [0.15, 0.2) is 18.2 Å². The molecule has 0 amide bonds. The van der Waals surface area contributed by atoms with Gasteiger partial charge in [-0.3, -0.25) is 10.1 Å². The summed E-state index contributed by atoms with van der Waals surface area (Å²) in [5.74, 6) is 0.489. The summed E-state index contributed by atoms with van der Waals surface area (Å²) >= 11 is 0. The lowest BCUT2D eigenvalue weighted by molar-refractivity contribution is -0.385. The zero-order valence-electron chi connectivity index (χ0n) is 11.4. The second-order valence-corrected chi connectivity index (χ2v) is 4.33. The summed E-state index contributed by atoms with van der Waals surface area (Å²) in [4.78, 5) is 18.6. The second-order valence-electron chi connectivity index (χ2n) is 4.33. The van der Waals surface area contributed by atoms with E-state index < -0.39 is 4.92 Å². The zero-order chi connectivity index (χ0) is 14.9. The minimum absolute atomic E-state index is 0.00772. The Hall–Kier alpha value is -2.70. The average Bonchev–Trinajstić information content (AvgIpc) is 2.37. The number of anilines is 1. The normalized spacial score (nSPS) is 10.3. The van der Waals surface area contributed by atoms with Crippen molar-refractivity contribution in [3.63, 3.8) is 0 Å². The maximum absolute atomic E-state index is 11.3. The highest BCUT2D eigenvalue weighted by Crippen LogP contribution is 2.36. The van der Waals surface area contributed by atoms with Crippen LogP contribution in [0.4, 0.5) is 11.6 Å². The minimum Gasteiger partial charge on any atom is -0.496 e. The molecule has 0 spiro atoms. The third-order valence-electron chi connectivity index (χ3n) is 2.87. The molecule has 2 N–H and O–H groups in total. The molecule has 104 valence electrons. The Bertz CT molecular complexity index is 686. The van der Waals surface area contributed by atoms with Gasteiger partial charge in [-0.2, -0.15) is 0 Å². The first-order chi connectivity index (χ1) is 9.43. The lowest BCUT2D eigenvalue weighted by Gasteiger charge is -2.10. The molecule has 0 unspecified atom stereocenters. The Morgan fingerprint density at radius 1 is 1.30 bits per heavy atom. The zero-order valence-corrected chi connectivity index (χ0v) is 11.4. The van der Waals surface area contributed by atoms with E-state index in [2.05, 4.69) is 9.97 Å². The Kier molecular flexibility index (Phi) is 3.51. The van der Waals surface area contributed by atoms with Gasteiger partial charge in [-0.1, -0.05) is 11.6 Å². The molecule has 2 aromatic rings. The standard InChI is InChI=1S/C13H14N4O3/c1-7-4-5-10(20-3)9(6-7)11-12(17(18)19)8(2)15-13(14)16-11/h4-6H,1-3H3,(H2,14,15,16). The summed E-state index contributed by atoms with van der Waals surface area (Å²) in [5, 5.41) is 11.3. The second kappa shape index (κ2) is 5.12. The average molecular weight is 274 g/mol. The molecule has 20 heavy (non-hydrogen) atoms. The molecule has 0 atom stereocenters. The Labute approximate surface area is 115 Å². The van der Waals surface area contributed by atoms with Crippen molar-refractivity contribution in [2.24, 2.45) is 0 Å². The predicted octanol–water partition coefficient (Wildman–Crippen LogP) is 2.26. The van der Waals surface area contributed by atoms with E-state index in [1.165, 1.54) is 14.0 Å². The van der Waals surface area contributed by atoms with E-state index in [1.54, 1.807) is 12.1 Å². The van der Waals surface area contributed by atoms with Gasteiger partial charge >= 0.3 is 5.69 Å². The topological polar surface area (TPSA) is 104 Å². The molecular weight excluding hydrogens is 260 g/mol. The summed E-state index contributed by atoms with van der Waals surface area (Å²) in [6.07, 6.45) is 0. The number of aryl methyl sites for hydroxylation is 2. The molecule has 0 saturated carbocycles. The van der Waals surface area contributed by atoms with Crippen molar-refractivity contribution in [3.05, 3.63) is 39.6 Å². The molecule has 7 heteroatoms. The highest BCUT2D eigenvalue weighted by Gasteiger charge is 2.24. The first-order valence-corrected chi connectivity index (χ1v) is 5.87. The molecule has 0 fully saturated rings. The van der Waals surface area contributed by atoms with Gasteiger partial charge in [-0.05, 0) is 26.0 Å². The fourth-order valence-corrected chi connectivity index (χ4v) is 2.00. The molecule has 0 aliphatic carbocycles. The van der Waals surface area contributed by atoms with Crippen LogP contribution in [0.3, 0.4) is 0 Å². The van der Waals surface area contributed by atoms with Gasteiger partial charge in [0.05, 0.1) is 12.0 Å². The number of hydrogen-bond donors (Lipinski definition) is 1. The van der Waals surface area contributed by atoms with E-state index in [0.717, 1.165) is 5.56 Å². The van der Waals surface area contributed by atoms with Gasteiger partial charge < -0.3 is 10.5 Å².